The first-order valence-corrected chi connectivity index (χ1v) is 7.65. The Balaban J connectivity index is 2.89. The lowest BCUT2D eigenvalue weighted by molar-refractivity contribution is 0.255. The first kappa shape index (κ1) is 16.2. The first-order valence-electron chi connectivity index (χ1n) is 7.65. The third kappa shape index (κ3) is 4.96. The lowest BCUT2D eigenvalue weighted by Gasteiger charge is -2.28. The lowest BCUT2D eigenvalue weighted by Crippen LogP contribution is -2.36. The minimum Gasteiger partial charge on any atom is -0.309 e. The van der Waals surface area contributed by atoms with E-state index in [1.54, 1.807) is 0 Å². The molecular weight excluding hydrogens is 232 g/mol. The van der Waals surface area contributed by atoms with Crippen molar-refractivity contribution < 1.29 is 0 Å². The van der Waals surface area contributed by atoms with Crippen LogP contribution in [0.5, 0.6) is 0 Å². The maximum absolute atomic E-state index is 3.65. The molecule has 0 saturated carbocycles. The predicted octanol–water partition coefficient (Wildman–Crippen LogP) is 3.69. The molecule has 108 valence electrons. The largest absolute Gasteiger partial charge is 0.309 e. The van der Waals surface area contributed by atoms with Crippen molar-refractivity contribution in [1.82, 2.24) is 10.2 Å². The summed E-state index contributed by atoms with van der Waals surface area (Å²) in [5.74, 6) is 0. The molecule has 0 radical (unpaired) electrons. The van der Waals surface area contributed by atoms with Crippen molar-refractivity contribution in [3.05, 3.63) is 34.9 Å². The second-order valence-electron chi connectivity index (χ2n) is 5.36. The Morgan fingerprint density at radius 3 is 2.47 bits per heavy atom. The van der Waals surface area contributed by atoms with Crippen molar-refractivity contribution in [3.63, 3.8) is 0 Å². The summed E-state index contributed by atoms with van der Waals surface area (Å²) in [6, 6.07) is 7.22. The summed E-state index contributed by atoms with van der Waals surface area (Å²) in [5.41, 5.74) is 4.20. The molecule has 1 N–H and O–H groups in total. The zero-order valence-electron chi connectivity index (χ0n) is 13.3. The van der Waals surface area contributed by atoms with Crippen molar-refractivity contribution in [2.75, 3.05) is 26.2 Å². The number of hydrogen-bond donors (Lipinski definition) is 1. The molecule has 1 aromatic carbocycles. The van der Waals surface area contributed by atoms with E-state index in [1.807, 2.05) is 0 Å². The standard InChI is InChI=1S/C17H30N2/c1-6-11-19(8-3)13-17(18-7-2)16-12-14(4)9-10-15(16)5/h9-10,12,17-18H,6-8,11,13H2,1-5H3. The van der Waals surface area contributed by atoms with Crippen LogP contribution in [-0.4, -0.2) is 31.1 Å². The SMILES string of the molecule is CCCN(CC)CC(NCC)c1cc(C)ccc1C. The number of aryl methyl sites for hydroxylation is 2. The van der Waals surface area contributed by atoms with E-state index in [2.05, 4.69) is 63.0 Å². The van der Waals surface area contributed by atoms with Crippen LogP contribution in [-0.2, 0) is 0 Å². The average molecular weight is 262 g/mol. The van der Waals surface area contributed by atoms with E-state index in [-0.39, 0.29) is 0 Å². The highest BCUT2D eigenvalue weighted by Gasteiger charge is 2.16. The zero-order chi connectivity index (χ0) is 14.3. The molecule has 1 unspecified atom stereocenters. The van der Waals surface area contributed by atoms with Gasteiger partial charge in [-0.15, -0.1) is 0 Å². The molecule has 0 aliphatic carbocycles. The van der Waals surface area contributed by atoms with E-state index in [1.165, 1.54) is 29.7 Å². The van der Waals surface area contributed by atoms with Gasteiger partial charge in [-0.2, -0.15) is 0 Å². The molecule has 0 heterocycles. The summed E-state index contributed by atoms with van der Waals surface area (Å²) < 4.78 is 0. The van der Waals surface area contributed by atoms with Gasteiger partial charge in [-0.1, -0.05) is 44.5 Å². The van der Waals surface area contributed by atoms with Crippen molar-refractivity contribution in [1.29, 1.82) is 0 Å². The summed E-state index contributed by atoms with van der Waals surface area (Å²) in [5, 5.41) is 3.65. The minimum atomic E-state index is 0.441. The van der Waals surface area contributed by atoms with E-state index >= 15 is 0 Å². The highest BCUT2D eigenvalue weighted by atomic mass is 15.1. The van der Waals surface area contributed by atoms with Gasteiger partial charge in [-0.05, 0) is 51.0 Å². The topological polar surface area (TPSA) is 15.3 Å². The molecule has 0 fully saturated rings. The van der Waals surface area contributed by atoms with Crippen LogP contribution in [0.2, 0.25) is 0 Å². The Morgan fingerprint density at radius 1 is 1.16 bits per heavy atom. The molecule has 0 aromatic heterocycles. The molecule has 2 nitrogen and oxygen atoms in total. The van der Waals surface area contributed by atoms with Gasteiger partial charge in [0.2, 0.25) is 0 Å². The highest BCUT2D eigenvalue weighted by molar-refractivity contribution is 5.33. The highest BCUT2D eigenvalue weighted by Crippen LogP contribution is 2.20. The summed E-state index contributed by atoms with van der Waals surface area (Å²) in [6.45, 7) is 15.5. The van der Waals surface area contributed by atoms with E-state index in [0.29, 0.717) is 6.04 Å². The molecule has 1 rings (SSSR count). The van der Waals surface area contributed by atoms with Crippen LogP contribution in [0.3, 0.4) is 0 Å². The maximum atomic E-state index is 3.65. The summed E-state index contributed by atoms with van der Waals surface area (Å²) in [7, 11) is 0. The van der Waals surface area contributed by atoms with E-state index in [4.69, 9.17) is 0 Å². The lowest BCUT2D eigenvalue weighted by atomic mass is 9.98. The second kappa shape index (κ2) is 8.34. The molecule has 0 spiro atoms. The summed E-state index contributed by atoms with van der Waals surface area (Å²) in [6.07, 6.45) is 1.22. The fraction of sp³-hybridized carbons (Fsp3) is 0.647. The number of hydrogen-bond acceptors (Lipinski definition) is 2. The van der Waals surface area contributed by atoms with Crippen molar-refractivity contribution in [2.45, 2.75) is 47.1 Å². The van der Waals surface area contributed by atoms with Gasteiger partial charge < -0.3 is 10.2 Å². The number of nitrogens with one attached hydrogen (secondary N) is 1. The average Bonchev–Trinajstić information content (AvgIpc) is 2.40. The molecule has 0 amide bonds. The predicted molar refractivity (Wildman–Crippen MR) is 84.7 cm³/mol. The third-order valence-electron chi connectivity index (χ3n) is 3.69. The van der Waals surface area contributed by atoms with Crippen molar-refractivity contribution in [3.8, 4) is 0 Å². The van der Waals surface area contributed by atoms with Gasteiger partial charge in [0.05, 0.1) is 0 Å². The van der Waals surface area contributed by atoms with Crippen LogP contribution >= 0.6 is 0 Å². The first-order chi connectivity index (χ1) is 9.12. The van der Waals surface area contributed by atoms with Crippen LogP contribution in [0.1, 0.15) is 49.9 Å². The Hall–Kier alpha value is -0.860. The van der Waals surface area contributed by atoms with E-state index < -0.39 is 0 Å². The molecule has 0 aliphatic heterocycles. The van der Waals surface area contributed by atoms with Gasteiger partial charge in [-0.25, -0.2) is 0 Å². The minimum absolute atomic E-state index is 0.441. The molecule has 19 heavy (non-hydrogen) atoms. The summed E-state index contributed by atoms with van der Waals surface area (Å²) >= 11 is 0. The van der Waals surface area contributed by atoms with Gasteiger partial charge >= 0.3 is 0 Å². The van der Waals surface area contributed by atoms with Gasteiger partial charge in [0.15, 0.2) is 0 Å². The fourth-order valence-electron chi connectivity index (χ4n) is 2.61. The van der Waals surface area contributed by atoms with E-state index in [9.17, 15) is 0 Å². The van der Waals surface area contributed by atoms with Gasteiger partial charge in [0, 0.05) is 12.6 Å². The maximum Gasteiger partial charge on any atom is 0.0451 e. The second-order valence-corrected chi connectivity index (χ2v) is 5.36. The number of likely N-dealkylation sites (N-methyl/N-ethyl adjacent to an activating group) is 2. The molecule has 1 atom stereocenters. The molecule has 2 heteroatoms. The van der Waals surface area contributed by atoms with Crippen LogP contribution in [0.4, 0.5) is 0 Å². The quantitative estimate of drug-likeness (QED) is 0.768. The Morgan fingerprint density at radius 2 is 1.89 bits per heavy atom. The number of rotatable bonds is 8. The Labute approximate surface area is 119 Å². The van der Waals surface area contributed by atoms with E-state index in [0.717, 1.165) is 19.6 Å². The van der Waals surface area contributed by atoms with Crippen LogP contribution in [0.15, 0.2) is 18.2 Å². The van der Waals surface area contributed by atoms with Crippen molar-refractivity contribution in [2.24, 2.45) is 0 Å². The Kier molecular flexibility index (Phi) is 7.11. The van der Waals surface area contributed by atoms with Crippen LogP contribution in [0, 0.1) is 13.8 Å². The number of nitrogens with zero attached hydrogens (tertiary/aromatic N) is 1. The zero-order valence-corrected chi connectivity index (χ0v) is 13.3. The molecule has 1 aromatic rings. The smallest absolute Gasteiger partial charge is 0.0451 e. The molecular formula is C17H30N2. The molecule has 0 bridgehead atoms. The van der Waals surface area contributed by atoms with Gasteiger partial charge in [0.1, 0.15) is 0 Å². The van der Waals surface area contributed by atoms with Crippen molar-refractivity contribution >= 4 is 0 Å². The molecule has 0 saturated heterocycles. The monoisotopic (exact) mass is 262 g/mol. The molecule has 0 aliphatic rings. The van der Waals surface area contributed by atoms with Crippen LogP contribution in [0.25, 0.3) is 0 Å². The summed E-state index contributed by atoms with van der Waals surface area (Å²) in [4.78, 5) is 2.54. The number of benzene rings is 1. The third-order valence-corrected chi connectivity index (χ3v) is 3.69. The fourth-order valence-corrected chi connectivity index (χ4v) is 2.61. The van der Waals surface area contributed by atoms with Crippen LogP contribution < -0.4 is 5.32 Å². The normalized spacial score (nSPS) is 12.9. The Bertz CT molecular complexity index is 374. The van der Waals surface area contributed by atoms with Gasteiger partial charge in [-0.3, -0.25) is 0 Å². The van der Waals surface area contributed by atoms with Gasteiger partial charge in [0.25, 0.3) is 0 Å².